The minimum absolute atomic E-state index is 0.00756. The van der Waals surface area contributed by atoms with Gasteiger partial charge in [-0.05, 0) is 25.5 Å². The molecule has 6 heteroatoms. The average molecular weight is 303 g/mol. The summed E-state index contributed by atoms with van der Waals surface area (Å²) in [6, 6.07) is 5.63. The first-order valence-corrected chi connectivity index (χ1v) is 7.31. The van der Waals surface area contributed by atoms with E-state index in [1.54, 1.807) is 11.0 Å². The second-order valence-electron chi connectivity index (χ2n) is 5.57. The third kappa shape index (κ3) is 3.63. The number of nitrogens with zero attached hydrogens (tertiary/aromatic N) is 2. The molecule has 1 fully saturated rings. The highest BCUT2D eigenvalue weighted by molar-refractivity contribution is 6.39. The summed E-state index contributed by atoms with van der Waals surface area (Å²) in [5.41, 5.74) is 2.66. The fourth-order valence-corrected chi connectivity index (χ4v) is 2.50. The number of benzene rings is 1. The molecule has 1 saturated heterocycles. The molecule has 1 heterocycles. The van der Waals surface area contributed by atoms with Crippen molar-refractivity contribution in [1.29, 1.82) is 0 Å². The molecule has 0 radical (unpaired) electrons. The number of hydrogen-bond acceptors (Lipinski definition) is 3. The van der Waals surface area contributed by atoms with Gasteiger partial charge in [0.2, 0.25) is 5.91 Å². The van der Waals surface area contributed by atoms with Crippen LogP contribution >= 0.6 is 0 Å². The van der Waals surface area contributed by atoms with Gasteiger partial charge in [-0.25, -0.2) is 0 Å². The number of piperazine rings is 1. The van der Waals surface area contributed by atoms with Crippen molar-refractivity contribution in [2.75, 3.05) is 31.5 Å². The average Bonchev–Trinajstić information content (AvgIpc) is 2.49. The van der Waals surface area contributed by atoms with Crippen LogP contribution in [0.25, 0.3) is 0 Å². The summed E-state index contributed by atoms with van der Waals surface area (Å²) < 4.78 is 0. The molecule has 0 aliphatic carbocycles. The highest BCUT2D eigenvalue weighted by atomic mass is 16.2. The van der Waals surface area contributed by atoms with Gasteiger partial charge in [0.05, 0.1) is 0 Å². The minimum Gasteiger partial charge on any atom is -0.339 e. The van der Waals surface area contributed by atoms with E-state index in [2.05, 4.69) is 5.32 Å². The molecule has 0 atom stereocenters. The third-order valence-corrected chi connectivity index (χ3v) is 3.84. The molecular formula is C16H21N3O3. The van der Waals surface area contributed by atoms with Crippen LogP contribution < -0.4 is 5.32 Å². The van der Waals surface area contributed by atoms with E-state index in [1.807, 2.05) is 26.0 Å². The SMILES string of the molecule is CC(=O)N1CCN(C(=O)C(=O)Nc2ccc(C)cc2C)CC1. The zero-order valence-corrected chi connectivity index (χ0v) is 13.2. The van der Waals surface area contributed by atoms with Gasteiger partial charge < -0.3 is 15.1 Å². The highest BCUT2D eigenvalue weighted by Gasteiger charge is 2.26. The molecule has 1 aromatic rings. The van der Waals surface area contributed by atoms with E-state index >= 15 is 0 Å². The van der Waals surface area contributed by atoms with Crippen LogP contribution in [0.5, 0.6) is 0 Å². The van der Waals surface area contributed by atoms with Gasteiger partial charge in [-0.2, -0.15) is 0 Å². The smallest absolute Gasteiger partial charge is 0.313 e. The molecule has 0 aromatic heterocycles. The van der Waals surface area contributed by atoms with Gasteiger partial charge in [0, 0.05) is 38.8 Å². The maximum atomic E-state index is 12.2. The van der Waals surface area contributed by atoms with Crippen LogP contribution in [0.3, 0.4) is 0 Å². The standard InChI is InChI=1S/C16H21N3O3/c1-11-4-5-14(12(2)10-11)17-15(21)16(22)19-8-6-18(7-9-19)13(3)20/h4-5,10H,6-9H2,1-3H3,(H,17,21). The molecule has 0 saturated carbocycles. The fraction of sp³-hybridized carbons (Fsp3) is 0.438. The van der Waals surface area contributed by atoms with Crippen LogP contribution in [-0.4, -0.2) is 53.7 Å². The Balaban J connectivity index is 1.95. The summed E-state index contributed by atoms with van der Waals surface area (Å²) in [5.74, 6) is -1.20. The van der Waals surface area contributed by atoms with Gasteiger partial charge in [0.15, 0.2) is 0 Å². The molecular weight excluding hydrogens is 282 g/mol. The van der Waals surface area contributed by atoms with Crippen molar-refractivity contribution in [3.05, 3.63) is 29.3 Å². The maximum absolute atomic E-state index is 12.2. The molecule has 0 bridgehead atoms. The molecule has 2 rings (SSSR count). The number of amides is 3. The van der Waals surface area contributed by atoms with Crippen molar-refractivity contribution < 1.29 is 14.4 Å². The molecule has 1 N–H and O–H groups in total. The lowest BCUT2D eigenvalue weighted by Gasteiger charge is -2.33. The Morgan fingerprint density at radius 1 is 1.00 bits per heavy atom. The third-order valence-electron chi connectivity index (χ3n) is 3.84. The van der Waals surface area contributed by atoms with E-state index < -0.39 is 11.8 Å². The maximum Gasteiger partial charge on any atom is 0.313 e. The Labute approximate surface area is 130 Å². The van der Waals surface area contributed by atoms with Gasteiger partial charge in [-0.3, -0.25) is 14.4 Å². The lowest BCUT2D eigenvalue weighted by atomic mass is 10.1. The Hall–Kier alpha value is -2.37. The van der Waals surface area contributed by atoms with E-state index in [9.17, 15) is 14.4 Å². The summed E-state index contributed by atoms with van der Waals surface area (Å²) in [6.45, 7) is 7.08. The number of carbonyl (C=O) groups is 3. The van der Waals surface area contributed by atoms with E-state index in [4.69, 9.17) is 0 Å². The first kappa shape index (κ1) is 16.0. The van der Waals surface area contributed by atoms with E-state index in [1.165, 1.54) is 11.8 Å². The molecule has 6 nitrogen and oxygen atoms in total. The summed E-state index contributed by atoms with van der Waals surface area (Å²) in [6.07, 6.45) is 0. The van der Waals surface area contributed by atoms with Crippen molar-refractivity contribution in [3.8, 4) is 0 Å². The predicted octanol–water partition coefficient (Wildman–Crippen LogP) is 0.933. The van der Waals surface area contributed by atoms with Crippen molar-refractivity contribution in [2.45, 2.75) is 20.8 Å². The van der Waals surface area contributed by atoms with E-state index in [0.29, 0.717) is 31.9 Å². The lowest BCUT2D eigenvalue weighted by Crippen LogP contribution is -2.52. The first-order chi connectivity index (χ1) is 10.4. The Morgan fingerprint density at radius 2 is 1.59 bits per heavy atom. The lowest BCUT2D eigenvalue weighted by molar-refractivity contribution is -0.145. The number of anilines is 1. The van der Waals surface area contributed by atoms with Crippen LogP contribution in [0.1, 0.15) is 18.1 Å². The fourth-order valence-electron chi connectivity index (χ4n) is 2.50. The Morgan fingerprint density at radius 3 is 2.14 bits per heavy atom. The van der Waals surface area contributed by atoms with E-state index in [-0.39, 0.29) is 5.91 Å². The minimum atomic E-state index is -0.636. The normalized spacial score (nSPS) is 14.7. The number of hydrogen-bond donors (Lipinski definition) is 1. The molecule has 1 aliphatic rings. The largest absolute Gasteiger partial charge is 0.339 e. The molecule has 1 aromatic carbocycles. The van der Waals surface area contributed by atoms with Crippen LogP contribution in [0.15, 0.2) is 18.2 Å². The monoisotopic (exact) mass is 303 g/mol. The van der Waals surface area contributed by atoms with Crippen LogP contribution in [-0.2, 0) is 14.4 Å². The molecule has 0 spiro atoms. The zero-order chi connectivity index (χ0) is 16.3. The van der Waals surface area contributed by atoms with Crippen LogP contribution in [0.2, 0.25) is 0 Å². The first-order valence-electron chi connectivity index (χ1n) is 7.31. The van der Waals surface area contributed by atoms with Gasteiger partial charge in [0.1, 0.15) is 0 Å². The molecule has 118 valence electrons. The van der Waals surface area contributed by atoms with Crippen LogP contribution in [0.4, 0.5) is 5.69 Å². The van der Waals surface area contributed by atoms with Crippen molar-refractivity contribution in [2.24, 2.45) is 0 Å². The van der Waals surface area contributed by atoms with E-state index in [0.717, 1.165) is 11.1 Å². The summed E-state index contributed by atoms with van der Waals surface area (Å²) in [7, 11) is 0. The molecule has 22 heavy (non-hydrogen) atoms. The summed E-state index contributed by atoms with van der Waals surface area (Å²) in [4.78, 5) is 38.7. The number of nitrogens with one attached hydrogen (secondary N) is 1. The Kier molecular flexibility index (Phi) is 4.80. The topological polar surface area (TPSA) is 69.7 Å². The predicted molar refractivity (Wildman–Crippen MR) is 83.4 cm³/mol. The summed E-state index contributed by atoms with van der Waals surface area (Å²) in [5, 5.41) is 2.66. The van der Waals surface area contributed by atoms with Gasteiger partial charge in [0.25, 0.3) is 0 Å². The summed E-state index contributed by atoms with van der Waals surface area (Å²) >= 11 is 0. The quantitative estimate of drug-likeness (QED) is 0.785. The second-order valence-corrected chi connectivity index (χ2v) is 5.57. The Bertz CT molecular complexity index is 605. The van der Waals surface area contributed by atoms with Crippen molar-refractivity contribution in [3.63, 3.8) is 0 Å². The van der Waals surface area contributed by atoms with Gasteiger partial charge in [-0.15, -0.1) is 0 Å². The van der Waals surface area contributed by atoms with Gasteiger partial charge >= 0.3 is 11.8 Å². The van der Waals surface area contributed by atoms with Crippen molar-refractivity contribution >= 4 is 23.4 Å². The molecule has 3 amide bonds. The van der Waals surface area contributed by atoms with Gasteiger partial charge in [-0.1, -0.05) is 17.7 Å². The molecule has 1 aliphatic heterocycles. The van der Waals surface area contributed by atoms with Crippen molar-refractivity contribution in [1.82, 2.24) is 9.80 Å². The highest BCUT2D eigenvalue weighted by Crippen LogP contribution is 2.16. The zero-order valence-electron chi connectivity index (χ0n) is 13.2. The molecule has 0 unspecified atom stereocenters. The second kappa shape index (κ2) is 6.60. The number of rotatable bonds is 1. The van der Waals surface area contributed by atoms with Crippen LogP contribution in [0, 0.1) is 13.8 Å². The number of carbonyl (C=O) groups excluding carboxylic acids is 3. The number of aryl methyl sites for hydroxylation is 2.